The number of carbonyl (C=O) groups excluding carboxylic acids is 1. The van der Waals surface area contributed by atoms with Gasteiger partial charge in [0.2, 0.25) is 21.8 Å². The number of methoxy groups -OCH3 is 1. The summed E-state index contributed by atoms with van der Waals surface area (Å²) in [6.07, 6.45) is 4.40. The molecule has 1 fully saturated rings. The lowest BCUT2D eigenvalue weighted by atomic mass is 10.1. The number of pyridine rings is 1. The lowest BCUT2D eigenvalue weighted by molar-refractivity contribution is -0.132. The lowest BCUT2D eigenvalue weighted by Gasteiger charge is -2.32. The van der Waals surface area contributed by atoms with E-state index in [1.54, 1.807) is 19.2 Å². The van der Waals surface area contributed by atoms with Crippen molar-refractivity contribution in [3.8, 4) is 11.6 Å². The van der Waals surface area contributed by atoms with E-state index in [4.69, 9.17) is 9.47 Å². The van der Waals surface area contributed by atoms with Crippen molar-refractivity contribution < 1.29 is 22.7 Å². The van der Waals surface area contributed by atoms with E-state index in [2.05, 4.69) is 4.98 Å². The van der Waals surface area contributed by atoms with Crippen molar-refractivity contribution in [2.75, 3.05) is 37.8 Å². The number of likely N-dealkylation sites (tertiary alicyclic amines) is 1. The summed E-state index contributed by atoms with van der Waals surface area (Å²) in [5, 5.41) is 0. The van der Waals surface area contributed by atoms with Gasteiger partial charge in [-0.1, -0.05) is 12.1 Å². The fourth-order valence-corrected chi connectivity index (χ4v) is 3.73. The Labute approximate surface area is 177 Å². The summed E-state index contributed by atoms with van der Waals surface area (Å²) in [7, 11) is -0.235. The van der Waals surface area contributed by atoms with Crippen LogP contribution in [0.5, 0.6) is 11.6 Å². The molecule has 0 unspecified atom stereocenters. The quantitative estimate of drug-likeness (QED) is 0.664. The molecule has 0 saturated carbocycles. The van der Waals surface area contributed by atoms with Gasteiger partial charge in [0.25, 0.3) is 0 Å². The average Bonchev–Trinajstić information content (AvgIpc) is 2.74. The van der Waals surface area contributed by atoms with Crippen molar-refractivity contribution in [1.82, 2.24) is 9.88 Å². The first-order valence-electron chi connectivity index (χ1n) is 9.73. The second-order valence-electron chi connectivity index (χ2n) is 7.31. The number of amides is 1. The highest BCUT2D eigenvalue weighted by Gasteiger charge is 2.24. The summed E-state index contributed by atoms with van der Waals surface area (Å²) in [5.74, 6) is 1.32. The van der Waals surface area contributed by atoms with Gasteiger partial charge in [-0.15, -0.1) is 0 Å². The molecule has 3 rings (SSSR count). The van der Waals surface area contributed by atoms with E-state index >= 15 is 0 Å². The Balaban J connectivity index is 1.48. The molecule has 1 saturated heterocycles. The molecule has 0 spiro atoms. The smallest absolute Gasteiger partial charge is 0.232 e. The van der Waals surface area contributed by atoms with Crippen LogP contribution >= 0.6 is 0 Å². The number of carbonyl (C=O) groups is 1. The Hall–Kier alpha value is -2.81. The first-order valence-corrected chi connectivity index (χ1v) is 11.6. The molecule has 0 bridgehead atoms. The average molecular weight is 434 g/mol. The first kappa shape index (κ1) is 21.9. The van der Waals surface area contributed by atoms with Gasteiger partial charge >= 0.3 is 0 Å². The van der Waals surface area contributed by atoms with Gasteiger partial charge in [-0.2, -0.15) is 0 Å². The Kier molecular flexibility index (Phi) is 6.81. The molecule has 2 aromatic rings. The molecule has 0 N–H and O–H groups in total. The van der Waals surface area contributed by atoms with Gasteiger partial charge in [0.15, 0.2) is 0 Å². The topological polar surface area (TPSA) is 89.0 Å². The molecule has 1 aromatic heterocycles. The van der Waals surface area contributed by atoms with Crippen LogP contribution in [0.2, 0.25) is 0 Å². The second-order valence-corrected chi connectivity index (χ2v) is 9.32. The summed E-state index contributed by atoms with van der Waals surface area (Å²) in [5.41, 5.74) is 1.44. The number of hydrogen-bond acceptors (Lipinski definition) is 6. The number of ether oxygens (including phenoxy) is 2. The SMILES string of the molecule is COc1ccc(CC(=O)N2CCC(Oc3ccc(N(C)S(C)(=O)=O)cn3)CC2)cc1. The third kappa shape index (κ3) is 5.63. The van der Waals surface area contributed by atoms with Crippen LogP contribution in [0.1, 0.15) is 18.4 Å². The maximum absolute atomic E-state index is 12.6. The van der Waals surface area contributed by atoms with E-state index in [-0.39, 0.29) is 12.0 Å². The third-order valence-electron chi connectivity index (χ3n) is 5.18. The molecule has 0 aliphatic carbocycles. The number of aromatic nitrogens is 1. The Bertz CT molecular complexity index is 953. The summed E-state index contributed by atoms with van der Waals surface area (Å²) in [6.45, 7) is 1.27. The maximum Gasteiger partial charge on any atom is 0.232 e. The molecule has 8 nitrogen and oxygen atoms in total. The van der Waals surface area contributed by atoms with Crippen LogP contribution in [-0.2, 0) is 21.2 Å². The predicted octanol–water partition coefficient (Wildman–Crippen LogP) is 2.10. The van der Waals surface area contributed by atoms with Crippen LogP contribution in [0.3, 0.4) is 0 Å². The molecule has 1 aromatic carbocycles. The van der Waals surface area contributed by atoms with Crippen molar-refractivity contribution in [2.45, 2.75) is 25.4 Å². The third-order valence-corrected chi connectivity index (χ3v) is 6.38. The lowest BCUT2D eigenvalue weighted by Crippen LogP contribution is -2.42. The Morgan fingerprint density at radius 3 is 2.37 bits per heavy atom. The molecule has 1 amide bonds. The fourth-order valence-electron chi connectivity index (χ4n) is 3.24. The van der Waals surface area contributed by atoms with Gasteiger partial charge in [-0.25, -0.2) is 13.4 Å². The highest BCUT2D eigenvalue weighted by molar-refractivity contribution is 7.92. The van der Waals surface area contributed by atoms with Crippen molar-refractivity contribution in [2.24, 2.45) is 0 Å². The number of rotatable bonds is 7. The van der Waals surface area contributed by atoms with E-state index in [0.29, 0.717) is 31.1 Å². The van der Waals surface area contributed by atoms with Gasteiger partial charge in [0.1, 0.15) is 11.9 Å². The molecule has 1 aliphatic rings. The summed E-state index contributed by atoms with van der Waals surface area (Å²) in [6, 6.07) is 10.9. The van der Waals surface area contributed by atoms with Crippen LogP contribution in [-0.4, -0.2) is 63.8 Å². The van der Waals surface area contributed by atoms with Crippen LogP contribution < -0.4 is 13.8 Å². The van der Waals surface area contributed by atoms with Crippen LogP contribution in [0.25, 0.3) is 0 Å². The van der Waals surface area contributed by atoms with Gasteiger partial charge < -0.3 is 14.4 Å². The minimum absolute atomic E-state index is 0.0268. The molecule has 9 heteroatoms. The summed E-state index contributed by atoms with van der Waals surface area (Å²) >= 11 is 0. The monoisotopic (exact) mass is 433 g/mol. The highest BCUT2D eigenvalue weighted by Crippen LogP contribution is 2.21. The molecule has 1 aliphatic heterocycles. The van der Waals surface area contributed by atoms with E-state index in [0.717, 1.165) is 34.7 Å². The second kappa shape index (κ2) is 9.34. The van der Waals surface area contributed by atoms with Crippen LogP contribution in [0.15, 0.2) is 42.6 Å². The predicted molar refractivity (Wildman–Crippen MR) is 114 cm³/mol. The summed E-state index contributed by atoms with van der Waals surface area (Å²) < 4.78 is 35.4. The highest BCUT2D eigenvalue weighted by atomic mass is 32.2. The standard InChI is InChI=1S/C21H27N3O5S/c1-23(30(3,26)27)17-6-9-20(22-15-17)29-19-10-12-24(13-11-19)21(25)14-16-4-7-18(28-2)8-5-16/h4-9,15,19H,10-14H2,1-3H3. The maximum atomic E-state index is 12.6. The Morgan fingerprint density at radius 2 is 1.83 bits per heavy atom. The molecule has 0 atom stereocenters. The number of hydrogen-bond donors (Lipinski definition) is 0. The molecular weight excluding hydrogens is 406 g/mol. The minimum Gasteiger partial charge on any atom is -0.497 e. The van der Waals surface area contributed by atoms with Crippen LogP contribution in [0.4, 0.5) is 5.69 Å². The zero-order valence-corrected chi connectivity index (χ0v) is 18.3. The summed E-state index contributed by atoms with van der Waals surface area (Å²) in [4.78, 5) is 18.6. The van der Waals surface area contributed by atoms with Crippen molar-refractivity contribution >= 4 is 21.6 Å². The first-order chi connectivity index (χ1) is 14.3. The van der Waals surface area contributed by atoms with Crippen molar-refractivity contribution in [3.05, 3.63) is 48.2 Å². The normalized spacial score (nSPS) is 15.0. The van der Waals surface area contributed by atoms with E-state index in [1.165, 1.54) is 13.2 Å². The van der Waals surface area contributed by atoms with Gasteiger partial charge in [0, 0.05) is 39.0 Å². The van der Waals surface area contributed by atoms with Gasteiger partial charge in [-0.05, 0) is 23.8 Å². The largest absolute Gasteiger partial charge is 0.497 e. The van der Waals surface area contributed by atoms with Gasteiger partial charge in [0.05, 0.1) is 31.7 Å². The fraction of sp³-hybridized carbons (Fsp3) is 0.429. The number of nitrogens with zero attached hydrogens (tertiary/aromatic N) is 3. The van der Waals surface area contributed by atoms with Crippen molar-refractivity contribution in [1.29, 1.82) is 0 Å². The number of sulfonamides is 1. The Morgan fingerprint density at radius 1 is 1.17 bits per heavy atom. The minimum atomic E-state index is -3.33. The molecule has 0 radical (unpaired) electrons. The number of anilines is 1. The van der Waals surface area contributed by atoms with E-state index in [9.17, 15) is 13.2 Å². The molecular formula is C21H27N3O5S. The van der Waals surface area contributed by atoms with E-state index in [1.807, 2.05) is 29.2 Å². The zero-order chi connectivity index (χ0) is 21.7. The number of piperidine rings is 1. The number of benzene rings is 1. The van der Waals surface area contributed by atoms with Crippen LogP contribution in [0, 0.1) is 0 Å². The molecule has 2 heterocycles. The van der Waals surface area contributed by atoms with Crippen molar-refractivity contribution in [3.63, 3.8) is 0 Å². The van der Waals surface area contributed by atoms with Gasteiger partial charge in [-0.3, -0.25) is 9.10 Å². The molecule has 30 heavy (non-hydrogen) atoms. The molecule has 162 valence electrons. The zero-order valence-electron chi connectivity index (χ0n) is 17.4. The van der Waals surface area contributed by atoms with E-state index < -0.39 is 10.0 Å².